The van der Waals surface area contributed by atoms with Gasteiger partial charge in [-0.3, -0.25) is 9.69 Å². The number of carbonyl (C=O) groups is 3. The number of nitrogens with zero attached hydrogens (tertiary/aromatic N) is 1. The van der Waals surface area contributed by atoms with Crippen molar-refractivity contribution in [3.63, 3.8) is 0 Å². The number of hydrogen-bond donors (Lipinski definition) is 1. The maximum absolute atomic E-state index is 12.8. The summed E-state index contributed by atoms with van der Waals surface area (Å²) in [6.45, 7) is 2.27. The van der Waals surface area contributed by atoms with Gasteiger partial charge < -0.3 is 19.2 Å². The molecule has 0 unspecified atom stereocenters. The van der Waals surface area contributed by atoms with Crippen LogP contribution in [-0.2, 0) is 22.7 Å². The highest BCUT2D eigenvalue weighted by molar-refractivity contribution is 6.14. The second-order valence-corrected chi connectivity index (χ2v) is 7.45. The number of urea groups is 1. The van der Waals surface area contributed by atoms with Gasteiger partial charge in [0, 0.05) is 5.56 Å². The van der Waals surface area contributed by atoms with Gasteiger partial charge in [-0.25, -0.2) is 9.59 Å². The van der Waals surface area contributed by atoms with Gasteiger partial charge in [0.15, 0.2) is 0 Å². The van der Waals surface area contributed by atoms with Crippen molar-refractivity contribution in [3.8, 4) is 5.75 Å². The highest BCUT2D eigenvalue weighted by Crippen LogP contribution is 2.24. The first-order chi connectivity index (χ1) is 15.9. The van der Waals surface area contributed by atoms with Crippen molar-refractivity contribution in [2.75, 3.05) is 7.11 Å². The first kappa shape index (κ1) is 21.9. The van der Waals surface area contributed by atoms with Crippen molar-refractivity contribution in [1.82, 2.24) is 10.2 Å². The molecule has 3 amide bonds. The molecular formula is C25H22N2O6. The topological polar surface area (TPSA) is 98.1 Å². The highest BCUT2D eigenvalue weighted by Gasteiger charge is 2.34. The summed E-state index contributed by atoms with van der Waals surface area (Å²) in [6, 6.07) is 17.6. The zero-order chi connectivity index (χ0) is 23.4. The molecule has 4 rings (SSSR count). The van der Waals surface area contributed by atoms with E-state index in [1.54, 1.807) is 18.2 Å². The highest BCUT2D eigenvalue weighted by atomic mass is 16.5. The summed E-state index contributed by atoms with van der Waals surface area (Å²) in [7, 11) is 1.24. The number of benzene rings is 2. The summed E-state index contributed by atoms with van der Waals surface area (Å²) in [5.41, 5.74) is 2.96. The molecule has 8 heteroatoms. The lowest BCUT2D eigenvalue weighted by atomic mass is 10.1. The number of furan rings is 1. The summed E-state index contributed by atoms with van der Waals surface area (Å²) < 4.78 is 15.9. The molecule has 0 aliphatic carbocycles. The Kier molecular flexibility index (Phi) is 6.26. The number of ether oxygens (including phenoxy) is 2. The smallest absolute Gasteiger partial charge is 0.373 e. The summed E-state index contributed by atoms with van der Waals surface area (Å²) in [5.74, 6) is -0.289. The number of para-hydroxylation sites is 1. The Morgan fingerprint density at radius 3 is 2.58 bits per heavy atom. The van der Waals surface area contributed by atoms with Gasteiger partial charge in [0.25, 0.3) is 5.91 Å². The third kappa shape index (κ3) is 4.95. The second kappa shape index (κ2) is 9.44. The monoisotopic (exact) mass is 446 g/mol. The standard InChI is InChI=1S/C25H22N2O6/c1-16-7-9-17(10-8-16)15-32-21-6-4-3-5-18(21)13-20-23(28)27(25(30)26-20)14-19-11-12-22(33-19)24(29)31-2/h3-13H,14-15H2,1-2H3,(H,26,30)/b20-13-. The molecule has 2 heterocycles. The first-order valence-electron chi connectivity index (χ1n) is 10.2. The number of carbonyl (C=O) groups excluding carboxylic acids is 3. The summed E-state index contributed by atoms with van der Waals surface area (Å²) in [4.78, 5) is 37.8. The molecule has 0 atom stereocenters. The Bertz CT molecular complexity index is 1230. The van der Waals surface area contributed by atoms with Crippen LogP contribution in [-0.4, -0.2) is 29.9 Å². The van der Waals surface area contributed by atoms with Crippen LogP contribution < -0.4 is 10.1 Å². The van der Waals surface area contributed by atoms with Crippen LogP contribution in [0.5, 0.6) is 5.75 Å². The van der Waals surface area contributed by atoms with E-state index >= 15 is 0 Å². The average molecular weight is 446 g/mol. The molecule has 1 saturated heterocycles. The first-order valence-corrected chi connectivity index (χ1v) is 10.2. The maximum Gasteiger partial charge on any atom is 0.373 e. The van der Waals surface area contributed by atoms with Crippen molar-refractivity contribution >= 4 is 24.0 Å². The van der Waals surface area contributed by atoms with Gasteiger partial charge in [0.1, 0.15) is 23.8 Å². The number of rotatable bonds is 7. The molecule has 33 heavy (non-hydrogen) atoms. The molecular weight excluding hydrogens is 424 g/mol. The van der Waals surface area contributed by atoms with Gasteiger partial charge in [0.05, 0.1) is 13.7 Å². The fraction of sp³-hybridized carbons (Fsp3) is 0.160. The summed E-state index contributed by atoms with van der Waals surface area (Å²) >= 11 is 0. The Balaban J connectivity index is 1.48. The van der Waals surface area contributed by atoms with E-state index in [0.29, 0.717) is 17.9 Å². The van der Waals surface area contributed by atoms with Crippen LogP contribution in [0.25, 0.3) is 6.08 Å². The van der Waals surface area contributed by atoms with Crippen LogP contribution >= 0.6 is 0 Å². The molecule has 1 aliphatic heterocycles. The van der Waals surface area contributed by atoms with Gasteiger partial charge in [0.2, 0.25) is 5.76 Å². The van der Waals surface area contributed by atoms with Crippen molar-refractivity contribution in [3.05, 3.63) is 94.6 Å². The van der Waals surface area contributed by atoms with E-state index in [-0.39, 0.29) is 23.8 Å². The number of amides is 3. The van der Waals surface area contributed by atoms with Crippen molar-refractivity contribution in [1.29, 1.82) is 0 Å². The molecule has 0 bridgehead atoms. The predicted molar refractivity (Wildman–Crippen MR) is 119 cm³/mol. The zero-order valence-corrected chi connectivity index (χ0v) is 18.2. The minimum Gasteiger partial charge on any atom is -0.488 e. The maximum atomic E-state index is 12.8. The molecule has 0 spiro atoms. The quantitative estimate of drug-likeness (QED) is 0.334. The van der Waals surface area contributed by atoms with Crippen LogP contribution in [0.2, 0.25) is 0 Å². The lowest BCUT2D eigenvalue weighted by Crippen LogP contribution is -2.30. The molecule has 1 aliphatic rings. The number of esters is 1. The fourth-order valence-electron chi connectivity index (χ4n) is 3.28. The zero-order valence-electron chi connectivity index (χ0n) is 18.2. The Morgan fingerprint density at radius 1 is 1.06 bits per heavy atom. The van der Waals surface area contributed by atoms with Crippen LogP contribution in [0, 0.1) is 6.92 Å². The largest absolute Gasteiger partial charge is 0.488 e. The van der Waals surface area contributed by atoms with Gasteiger partial charge in [-0.15, -0.1) is 0 Å². The minimum atomic E-state index is -0.638. The number of methoxy groups -OCH3 is 1. The van der Waals surface area contributed by atoms with Crippen LogP contribution in [0.4, 0.5) is 4.79 Å². The lowest BCUT2D eigenvalue weighted by Gasteiger charge is -2.10. The van der Waals surface area contributed by atoms with E-state index < -0.39 is 17.9 Å². The van der Waals surface area contributed by atoms with E-state index in [1.807, 2.05) is 43.3 Å². The Morgan fingerprint density at radius 2 is 1.82 bits per heavy atom. The van der Waals surface area contributed by atoms with Crippen molar-refractivity contribution in [2.45, 2.75) is 20.1 Å². The molecule has 1 aromatic heterocycles. The van der Waals surface area contributed by atoms with Crippen LogP contribution in [0.1, 0.15) is 33.0 Å². The van der Waals surface area contributed by atoms with E-state index in [9.17, 15) is 14.4 Å². The molecule has 3 aromatic rings. The lowest BCUT2D eigenvalue weighted by molar-refractivity contribution is -0.123. The predicted octanol–water partition coefficient (Wildman–Crippen LogP) is 4.05. The van der Waals surface area contributed by atoms with E-state index in [2.05, 4.69) is 10.1 Å². The molecule has 1 fully saturated rings. The normalized spacial score (nSPS) is 14.5. The van der Waals surface area contributed by atoms with E-state index in [4.69, 9.17) is 9.15 Å². The molecule has 0 radical (unpaired) electrons. The third-order valence-electron chi connectivity index (χ3n) is 5.06. The average Bonchev–Trinajstić information content (AvgIpc) is 3.39. The number of aryl methyl sites for hydroxylation is 1. The number of hydrogen-bond acceptors (Lipinski definition) is 6. The molecule has 168 valence electrons. The van der Waals surface area contributed by atoms with Crippen molar-refractivity contribution < 1.29 is 28.3 Å². The van der Waals surface area contributed by atoms with Crippen LogP contribution in [0.15, 0.2) is 70.8 Å². The minimum absolute atomic E-state index is 0.00466. The molecule has 2 aromatic carbocycles. The number of imide groups is 1. The third-order valence-corrected chi connectivity index (χ3v) is 5.06. The molecule has 0 saturated carbocycles. The van der Waals surface area contributed by atoms with E-state index in [1.165, 1.54) is 24.8 Å². The summed E-state index contributed by atoms with van der Waals surface area (Å²) in [5, 5.41) is 2.58. The Labute approximate surface area is 190 Å². The van der Waals surface area contributed by atoms with Crippen molar-refractivity contribution in [2.24, 2.45) is 0 Å². The molecule has 1 N–H and O–H groups in total. The SMILES string of the molecule is COC(=O)c1ccc(CN2C(=O)N/C(=C\c3ccccc3OCc3ccc(C)cc3)C2=O)o1. The van der Waals surface area contributed by atoms with E-state index in [0.717, 1.165) is 10.5 Å². The van der Waals surface area contributed by atoms with Gasteiger partial charge in [-0.1, -0.05) is 48.0 Å². The van der Waals surface area contributed by atoms with Gasteiger partial charge in [-0.2, -0.15) is 0 Å². The fourth-order valence-corrected chi connectivity index (χ4v) is 3.28. The van der Waals surface area contributed by atoms with Gasteiger partial charge in [-0.05, 0) is 36.8 Å². The number of nitrogens with one attached hydrogen (secondary N) is 1. The Hall–Kier alpha value is -4.33. The van der Waals surface area contributed by atoms with Crippen LogP contribution in [0.3, 0.4) is 0 Å². The second-order valence-electron chi connectivity index (χ2n) is 7.45. The molecule has 8 nitrogen and oxygen atoms in total. The summed E-state index contributed by atoms with van der Waals surface area (Å²) in [6.07, 6.45) is 1.58. The van der Waals surface area contributed by atoms with Gasteiger partial charge >= 0.3 is 12.0 Å².